The maximum Gasteiger partial charge on any atom is 0.300 e. The van der Waals surface area contributed by atoms with E-state index in [0.717, 1.165) is 10.9 Å². The summed E-state index contributed by atoms with van der Waals surface area (Å²) in [5.41, 5.74) is 2.16. The van der Waals surface area contributed by atoms with Crippen LogP contribution in [0.15, 0.2) is 78.5 Å². The quantitative estimate of drug-likeness (QED) is 0.205. The number of fused-ring (bicyclic) bond motifs is 1. The van der Waals surface area contributed by atoms with Gasteiger partial charge in [-0.05, 0) is 42.5 Å². The fraction of sp³-hybridized carbons (Fsp3) is 0.111. The zero-order chi connectivity index (χ0) is 24.9. The van der Waals surface area contributed by atoms with Gasteiger partial charge in [0.25, 0.3) is 11.7 Å². The fourth-order valence-electron chi connectivity index (χ4n) is 4.57. The molecule has 3 aromatic carbocycles. The van der Waals surface area contributed by atoms with E-state index in [-0.39, 0.29) is 21.9 Å². The van der Waals surface area contributed by atoms with Crippen LogP contribution in [-0.2, 0) is 16.6 Å². The Morgan fingerprint density at radius 1 is 1.00 bits per heavy atom. The van der Waals surface area contributed by atoms with Crippen LogP contribution in [0.2, 0.25) is 10.0 Å². The van der Waals surface area contributed by atoms with Crippen LogP contribution in [0.3, 0.4) is 0 Å². The monoisotopic (exact) mass is 506 g/mol. The van der Waals surface area contributed by atoms with Crippen LogP contribution < -0.4 is 9.64 Å². The van der Waals surface area contributed by atoms with Gasteiger partial charge in [0.1, 0.15) is 11.5 Å². The van der Waals surface area contributed by atoms with E-state index in [1.54, 1.807) is 36.4 Å². The lowest BCUT2D eigenvalue weighted by Gasteiger charge is -2.25. The van der Waals surface area contributed by atoms with Crippen molar-refractivity contribution in [2.75, 3.05) is 12.0 Å². The number of ketones is 1. The smallest absolute Gasteiger partial charge is 0.300 e. The van der Waals surface area contributed by atoms with Crippen molar-refractivity contribution in [1.29, 1.82) is 0 Å². The largest absolute Gasteiger partial charge is 0.507 e. The molecule has 1 amide bonds. The van der Waals surface area contributed by atoms with Crippen molar-refractivity contribution in [3.8, 4) is 5.75 Å². The van der Waals surface area contributed by atoms with Crippen LogP contribution in [-0.4, -0.2) is 28.5 Å². The molecule has 0 bridgehead atoms. The molecular weight excluding hydrogens is 487 g/mol. The third kappa shape index (κ3) is 3.75. The molecule has 0 spiro atoms. The Morgan fingerprint density at radius 3 is 2.51 bits per heavy atom. The highest BCUT2D eigenvalue weighted by Gasteiger charge is 2.48. The SMILES string of the molecule is COc1ccc(Cl)c(/C(O)=C2\C(=O)C(=O)N(c3cccc(Cl)c3)C2c2cn(C)c3ccccc23)c1. The van der Waals surface area contributed by atoms with Crippen molar-refractivity contribution in [1.82, 2.24) is 4.57 Å². The summed E-state index contributed by atoms with van der Waals surface area (Å²) in [6.07, 6.45) is 1.86. The molecule has 1 atom stereocenters. The summed E-state index contributed by atoms with van der Waals surface area (Å²) in [6.45, 7) is 0. The van der Waals surface area contributed by atoms with Gasteiger partial charge in [-0.3, -0.25) is 14.5 Å². The highest BCUT2D eigenvalue weighted by atomic mass is 35.5. The van der Waals surface area contributed by atoms with E-state index in [9.17, 15) is 14.7 Å². The number of hydrogen-bond acceptors (Lipinski definition) is 4. The first-order valence-corrected chi connectivity index (χ1v) is 11.5. The van der Waals surface area contributed by atoms with Crippen LogP contribution in [0.4, 0.5) is 5.69 Å². The number of aromatic nitrogens is 1. The minimum absolute atomic E-state index is 0.0681. The van der Waals surface area contributed by atoms with Crippen molar-refractivity contribution in [3.05, 3.63) is 99.7 Å². The van der Waals surface area contributed by atoms with Gasteiger partial charge in [0.05, 0.1) is 23.7 Å². The zero-order valence-corrected chi connectivity index (χ0v) is 20.3. The van der Waals surface area contributed by atoms with Crippen LogP contribution in [0.1, 0.15) is 17.2 Å². The van der Waals surface area contributed by atoms with Gasteiger partial charge < -0.3 is 14.4 Å². The zero-order valence-electron chi connectivity index (χ0n) is 18.8. The molecule has 1 unspecified atom stereocenters. The third-order valence-corrected chi connectivity index (χ3v) is 6.75. The first-order valence-electron chi connectivity index (χ1n) is 10.8. The lowest BCUT2D eigenvalue weighted by atomic mass is 9.94. The molecule has 1 aliphatic heterocycles. The molecule has 1 aromatic heterocycles. The van der Waals surface area contributed by atoms with Crippen molar-refractivity contribution in [2.45, 2.75) is 6.04 Å². The second-order valence-corrected chi connectivity index (χ2v) is 9.05. The molecule has 4 aromatic rings. The Hall–Kier alpha value is -3.74. The van der Waals surface area contributed by atoms with Gasteiger partial charge in [-0.1, -0.05) is 47.5 Å². The molecule has 0 saturated carbocycles. The minimum Gasteiger partial charge on any atom is -0.507 e. The number of anilines is 1. The number of amides is 1. The standard InChI is InChI=1S/C27H20Cl2N2O4/c1-30-14-20(18-8-3-4-9-22(18)30)24-23(25(32)19-13-17(35-2)10-11-21(19)29)26(33)27(34)31(24)16-7-5-6-15(28)12-16/h3-14,24,32H,1-2H3/b25-23+. The summed E-state index contributed by atoms with van der Waals surface area (Å²) < 4.78 is 7.19. The number of nitrogens with zero attached hydrogens (tertiary/aromatic N) is 2. The fourth-order valence-corrected chi connectivity index (χ4v) is 4.96. The number of aliphatic hydroxyl groups excluding tert-OH is 1. The molecule has 5 rings (SSSR count). The molecule has 0 radical (unpaired) electrons. The summed E-state index contributed by atoms with van der Waals surface area (Å²) in [5, 5.41) is 12.9. The molecule has 2 heterocycles. The predicted octanol–water partition coefficient (Wildman–Crippen LogP) is 6.12. The number of halogens is 2. The number of methoxy groups -OCH3 is 1. The molecule has 1 N–H and O–H groups in total. The van der Waals surface area contributed by atoms with E-state index >= 15 is 0 Å². The molecule has 35 heavy (non-hydrogen) atoms. The summed E-state index contributed by atoms with van der Waals surface area (Å²) in [7, 11) is 3.37. The second kappa shape index (κ2) is 8.80. The summed E-state index contributed by atoms with van der Waals surface area (Å²) in [5.74, 6) is -1.53. The third-order valence-electron chi connectivity index (χ3n) is 6.18. The van der Waals surface area contributed by atoms with Gasteiger partial charge in [-0.25, -0.2) is 0 Å². The van der Waals surface area contributed by atoms with Gasteiger partial charge in [0.2, 0.25) is 0 Å². The number of ether oxygens (including phenoxy) is 1. The number of benzene rings is 3. The summed E-state index contributed by atoms with van der Waals surface area (Å²) in [6, 6.07) is 18.2. The minimum atomic E-state index is -0.915. The normalized spacial score (nSPS) is 17.4. The first-order chi connectivity index (χ1) is 16.8. The van der Waals surface area contributed by atoms with Crippen LogP contribution >= 0.6 is 23.2 Å². The number of Topliss-reactive ketones (excluding diaryl/α,β-unsaturated/α-hetero) is 1. The number of aliphatic hydroxyl groups is 1. The van der Waals surface area contributed by atoms with Crippen molar-refractivity contribution < 1.29 is 19.4 Å². The van der Waals surface area contributed by atoms with Crippen molar-refractivity contribution >= 4 is 57.2 Å². The molecular formula is C27H20Cl2N2O4. The van der Waals surface area contributed by atoms with Crippen molar-refractivity contribution in [3.63, 3.8) is 0 Å². The van der Waals surface area contributed by atoms with Crippen molar-refractivity contribution in [2.24, 2.45) is 7.05 Å². The lowest BCUT2D eigenvalue weighted by Crippen LogP contribution is -2.29. The number of hydrogen-bond donors (Lipinski definition) is 1. The number of carbonyl (C=O) groups excluding carboxylic acids is 2. The molecule has 1 fully saturated rings. The lowest BCUT2D eigenvalue weighted by molar-refractivity contribution is -0.132. The van der Waals surface area contributed by atoms with E-state index in [4.69, 9.17) is 27.9 Å². The van der Waals surface area contributed by atoms with E-state index < -0.39 is 17.7 Å². The Morgan fingerprint density at radius 2 is 1.77 bits per heavy atom. The molecule has 6 nitrogen and oxygen atoms in total. The highest BCUT2D eigenvalue weighted by Crippen LogP contribution is 2.45. The van der Waals surface area contributed by atoms with Gasteiger partial charge in [-0.2, -0.15) is 0 Å². The van der Waals surface area contributed by atoms with Gasteiger partial charge >= 0.3 is 0 Å². The van der Waals surface area contributed by atoms with Gasteiger partial charge in [0, 0.05) is 46.0 Å². The van der Waals surface area contributed by atoms with Crippen LogP contribution in [0.5, 0.6) is 5.75 Å². The van der Waals surface area contributed by atoms with E-state index in [1.807, 2.05) is 42.1 Å². The van der Waals surface area contributed by atoms with Gasteiger partial charge in [0.15, 0.2) is 0 Å². The number of aryl methyl sites for hydroxylation is 1. The Balaban J connectivity index is 1.83. The average Bonchev–Trinajstić information content (AvgIpc) is 3.32. The van der Waals surface area contributed by atoms with E-state index in [2.05, 4.69) is 0 Å². The Kier molecular flexibility index (Phi) is 5.79. The van der Waals surface area contributed by atoms with E-state index in [1.165, 1.54) is 18.1 Å². The topological polar surface area (TPSA) is 71.8 Å². The number of para-hydroxylation sites is 1. The maximum absolute atomic E-state index is 13.5. The molecule has 0 aliphatic carbocycles. The maximum atomic E-state index is 13.5. The molecule has 8 heteroatoms. The Labute approximate surface area is 211 Å². The molecule has 1 aliphatic rings. The molecule has 176 valence electrons. The van der Waals surface area contributed by atoms with Crippen LogP contribution in [0, 0.1) is 0 Å². The second-order valence-electron chi connectivity index (χ2n) is 8.21. The number of carbonyl (C=O) groups is 2. The first kappa shape index (κ1) is 23.0. The van der Waals surface area contributed by atoms with Crippen LogP contribution in [0.25, 0.3) is 16.7 Å². The summed E-state index contributed by atoms with van der Waals surface area (Å²) in [4.78, 5) is 28.3. The van der Waals surface area contributed by atoms with E-state index in [0.29, 0.717) is 22.0 Å². The highest BCUT2D eigenvalue weighted by molar-refractivity contribution is 6.52. The van der Waals surface area contributed by atoms with Gasteiger partial charge in [-0.15, -0.1) is 0 Å². The molecule has 1 saturated heterocycles. The summed E-state index contributed by atoms with van der Waals surface area (Å²) >= 11 is 12.6. The predicted molar refractivity (Wildman–Crippen MR) is 137 cm³/mol. The number of rotatable bonds is 4. The average molecular weight is 507 g/mol. The Bertz CT molecular complexity index is 1540.